The van der Waals surface area contributed by atoms with Crippen LogP contribution in [0.2, 0.25) is 0 Å². The topological polar surface area (TPSA) is 94.0 Å². The summed E-state index contributed by atoms with van der Waals surface area (Å²) >= 11 is 0. The number of anilines is 1. The Balaban J connectivity index is 1.77. The molecule has 2 aromatic carbocycles. The van der Waals surface area contributed by atoms with E-state index in [-0.39, 0.29) is 22.2 Å². The van der Waals surface area contributed by atoms with Gasteiger partial charge in [-0.15, -0.1) is 0 Å². The summed E-state index contributed by atoms with van der Waals surface area (Å²) in [6.45, 7) is 2.13. The highest BCUT2D eigenvalue weighted by molar-refractivity contribution is 7.91. The third-order valence-electron chi connectivity index (χ3n) is 3.88. The number of rotatable bonds is 6. The Hall–Kier alpha value is -3.00. The van der Waals surface area contributed by atoms with Crippen molar-refractivity contribution in [3.05, 3.63) is 72.3 Å². The molecule has 0 fully saturated rings. The first-order valence-corrected chi connectivity index (χ1v) is 9.69. The lowest BCUT2D eigenvalue weighted by molar-refractivity contribution is 0.102. The van der Waals surface area contributed by atoms with Crippen molar-refractivity contribution in [3.63, 3.8) is 0 Å². The number of aromatic nitrogens is 3. The van der Waals surface area contributed by atoms with Crippen molar-refractivity contribution in [1.29, 1.82) is 0 Å². The third kappa shape index (κ3) is 3.97. The lowest BCUT2D eigenvalue weighted by atomic mass is 10.1. The predicted molar refractivity (Wildman–Crippen MR) is 97.7 cm³/mol. The molecule has 7 nitrogen and oxygen atoms in total. The van der Waals surface area contributed by atoms with Gasteiger partial charge >= 0.3 is 0 Å². The van der Waals surface area contributed by atoms with Gasteiger partial charge in [-0.2, -0.15) is 5.10 Å². The fraction of sp³-hybridized carbons (Fsp3) is 0.167. The summed E-state index contributed by atoms with van der Waals surface area (Å²) < 4.78 is 26.0. The molecule has 0 aliphatic rings. The summed E-state index contributed by atoms with van der Waals surface area (Å²) in [6, 6.07) is 13.4. The molecule has 8 heteroatoms. The number of sulfone groups is 1. The van der Waals surface area contributed by atoms with Crippen molar-refractivity contribution in [2.45, 2.75) is 18.4 Å². The van der Waals surface area contributed by atoms with Gasteiger partial charge < -0.3 is 5.32 Å². The van der Waals surface area contributed by atoms with Crippen LogP contribution in [0.4, 0.5) is 5.69 Å². The zero-order chi connectivity index (χ0) is 18.6. The van der Waals surface area contributed by atoms with Crippen molar-refractivity contribution in [1.82, 2.24) is 14.8 Å². The zero-order valence-electron chi connectivity index (χ0n) is 14.2. The molecule has 0 atom stereocenters. The monoisotopic (exact) mass is 370 g/mol. The zero-order valence-corrected chi connectivity index (χ0v) is 15.0. The van der Waals surface area contributed by atoms with E-state index >= 15 is 0 Å². The highest BCUT2D eigenvalue weighted by atomic mass is 32.2. The molecule has 134 valence electrons. The first kappa shape index (κ1) is 17.8. The van der Waals surface area contributed by atoms with E-state index in [2.05, 4.69) is 15.4 Å². The van der Waals surface area contributed by atoms with E-state index in [1.165, 1.54) is 12.4 Å². The van der Waals surface area contributed by atoms with Gasteiger partial charge in [0, 0.05) is 5.56 Å². The molecule has 1 amide bonds. The Kier molecular flexibility index (Phi) is 5.13. The van der Waals surface area contributed by atoms with E-state index in [1.54, 1.807) is 48.3 Å². The van der Waals surface area contributed by atoms with Gasteiger partial charge in [0.05, 0.1) is 22.9 Å². The predicted octanol–water partition coefficient (Wildman–Crippen LogP) is 2.37. The van der Waals surface area contributed by atoms with Crippen molar-refractivity contribution in [2.24, 2.45) is 0 Å². The average Bonchev–Trinajstić information content (AvgIpc) is 3.15. The first-order chi connectivity index (χ1) is 12.5. The molecule has 3 rings (SSSR count). The van der Waals surface area contributed by atoms with Crippen molar-refractivity contribution in [2.75, 3.05) is 11.1 Å². The van der Waals surface area contributed by atoms with Gasteiger partial charge in [0.15, 0.2) is 9.84 Å². The minimum absolute atomic E-state index is 0.0309. The lowest BCUT2D eigenvalue weighted by Crippen LogP contribution is -2.15. The van der Waals surface area contributed by atoms with Crippen molar-refractivity contribution >= 4 is 21.4 Å². The van der Waals surface area contributed by atoms with Crippen LogP contribution in [0.25, 0.3) is 0 Å². The number of benzene rings is 2. The van der Waals surface area contributed by atoms with Gasteiger partial charge in [0.1, 0.15) is 12.7 Å². The van der Waals surface area contributed by atoms with E-state index in [0.29, 0.717) is 12.1 Å². The Labute approximate surface area is 151 Å². The van der Waals surface area contributed by atoms with Crippen LogP contribution in [-0.4, -0.2) is 34.8 Å². The number of carbonyl (C=O) groups is 1. The van der Waals surface area contributed by atoms with Crippen LogP contribution in [-0.2, 0) is 16.4 Å². The second kappa shape index (κ2) is 7.49. The smallest absolute Gasteiger partial charge is 0.255 e. The van der Waals surface area contributed by atoms with Crippen molar-refractivity contribution in [3.8, 4) is 0 Å². The van der Waals surface area contributed by atoms with E-state index < -0.39 is 9.84 Å². The normalized spacial score (nSPS) is 11.3. The van der Waals surface area contributed by atoms with Gasteiger partial charge in [-0.25, -0.2) is 18.1 Å². The van der Waals surface area contributed by atoms with Gasteiger partial charge in [-0.05, 0) is 29.8 Å². The average molecular weight is 370 g/mol. The Morgan fingerprint density at radius 3 is 2.50 bits per heavy atom. The van der Waals surface area contributed by atoms with Crippen molar-refractivity contribution < 1.29 is 13.2 Å². The van der Waals surface area contributed by atoms with Gasteiger partial charge in [-0.3, -0.25) is 4.79 Å². The van der Waals surface area contributed by atoms with Gasteiger partial charge in [-0.1, -0.05) is 31.2 Å². The lowest BCUT2D eigenvalue weighted by Gasteiger charge is -2.11. The molecule has 0 unspecified atom stereocenters. The van der Waals surface area contributed by atoms with Crippen LogP contribution < -0.4 is 5.32 Å². The molecular formula is C18H18N4O3S. The maximum absolute atomic E-state index is 12.5. The van der Waals surface area contributed by atoms with Crippen LogP contribution in [0.5, 0.6) is 0 Å². The fourth-order valence-electron chi connectivity index (χ4n) is 2.45. The number of hydrogen-bond donors (Lipinski definition) is 1. The summed E-state index contributed by atoms with van der Waals surface area (Å²) in [4.78, 5) is 16.5. The quantitative estimate of drug-likeness (QED) is 0.719. The number of hydrogen-bond acceptors (Lipinski definition) is 5. The molecule has 0 aliphatic carbocycles. The second-order valence-electron chi connectivity index (χ2n) is 5.64. The van der Waals surface area contributed by atoms with Crippen LogP contribution in [0.1, 0.15) is 22.8 Å². The second-order valence-corrected chi connectivity index (χ2v) is 7.89. The standard InChI is InChI=1S/C18H18N4O3S/c1-2-26(24,25)17-6-4-3-5-16(17)21-18(23)15-9-7-14(8-10-15)11-22-13-19-12-20-22/h3-10,12-13H,2,11H2,1H3,(H,21,23). The Bertz CT molecular complexity index is 997. The molecule has 1 heterocycles. The molecule has 1 N–H and O–H groups in total. The van der Waals surface area contributed by atoms with E-state index in [0.717, 1.165) is 5.56 Å². The number of para-hydroxylation sites is 1. The summed E-state index contributed by atoms with van der Waals surface area (Å²) in [6.07, 6.45) is 3.08. The number of nitrogens with zero attached hydrogens (tertiary/aromatic N) is 3. The van der Waals surface area contributed by atoms with E-state index in [1.807, 2.05) is 12.1 Å². The minimum atomic E-state index is -3.42. The molecule has 0 aliphatic heterocycles. The molecule has 0 radical (unpaired) electrons. The molecule has 0 saturated carbocycles. The largest absolute Gasteiger partial charge is 0.321 e. The summed E-state index contributed by atoms with van der Waals surface area (Å²) in [7, 11) is -3.42. The molecule has 26 heavy (non-hydrogen) atoms. The minimum Gasteiger partial charge on any atom is -0.321 e. The highest BCUT2D eigenvalue weighted by Crippen LogP contribution is 2.22. The summed E-state index contributed by atoms with van der Waals surface area (Å²) in [5.74, 6) is -0.396. The van der Waals surface area contributed by atoms with Crippen LogP contribution in [0.15, 0.2) is 66.1 Å². The first-order valence-electron chi connectivity index (χ1n) is 8.04. The molecular weight excluding hydrogens is 352 g/mol. The highest BCUT2D eigenvalue weighted by Gasteiger charge is 2.18. The molecule has 0 bridgehead atoms. The van der Waals surface area contributed by atoms with Gasteiger partial charge in [0.2, 0.25) is 0 Å². The van der Waals surface area contributed by atoms with Crippen LogP contribution in [0.3, 0.4) is 0 Å². The van der Waals surface area contributed by atoms with E-state index in [4.69, 9.17) is 0 Å². The van der Waals surface area contributed by atoms with Gasteiger partial charge in [0.25, 0.3) is 5.91 Å². The van der Waals surface area contributed by atoms with E-state index in [9.17, 15) is 13.2 Å². The molecule has 3 aromatic rings. The molecule has 0 spiro atoms. The number of nitrogens with one attached hydrogen (secondary N) is 1. The maximum atomic E-state index is 12.5. The summed E-state index contributed by atoms with van der Waals surface area (Å²) in [5.41, 5.74) is 1.70. The third-order valence-corrected chi connectivity index (χ3v) is 5.66. The van der Waals surface area contributed by atoms with Crippen LogP contribution in [0, 0.1) is 0 Å². The molecule has 0 saturated heterocycles. The Morgan fingerprint density at radius 2 is 1.85 bits per heavy atom. The number of carbonyl (C=O) groups excluding carboxylic acids is 1. The maximum Gasteiger partial charge on any atom is 0.255 e. The molecule has 1 aromatic heterocycles. The number of amides is 1. The fourth-order valence-corrected chi connectivity index (χ4v) is 3.51. The Morgan fingerprint density at radius 1 is 1.12 bits per heavy atom. The van der Waals surface area contributed by atoms with Crippen LogP contribution >= 0.6 is 0 Å². The summed E-state index contributed by atoms with van der Waals surface area (Å²) in [5, 5.41) is 6.72. The SMILES string of the molecule is CCS(=O)(=O)c1ccccc1NC(=O)c1ccc(Cn2cncn2)cc1.